The van der Waals surface area contributed by atoms with Gasteiger partial charge in [0.25, 0.3) is 11.8 Å². The number of hydrogen-bond acceptors (Lipinski definition) is 5. The van der Waals surface area contributed by atoms with E-state index in [1.807, 2.05) is 48.2 Å². The molecule has 0 unspecified atom stereocenters. The molecule has 1 fully saturated rings. The number of benzene rings is 2. The zero-order chi connectivity index (χ0) is 26.4. The lowest BCUT2D eigenvalue weighted by Gasteiger charge is -2.26. The van der Waals surface area contributed by atoms with Crippen molar-refractivity contribution in [3.8, 4) is 17.2 Å². The maximum absolute atomic E-state index is 13.3. The van der Waals surface area contributed by atoms with E-state index in [1.165, 1.54) is 6.42 Å². The largest absolute Gasteiger partial charge is 0.493 e. The summed E-state index contributed by atoms with van der Waals surface area (Å²) in [6.07, 6.45) is 3.93. The van der Waals surface area contributed by atoms with Gasteiger partial charge in [-0.25, -0.2) is 0 Å². The summed E-state index contributed by atoms with van der Waals surface area (Å²) in [5.74, 6) is 1.81. The summed E-state index contributed by atoms with van der Waals surface area (Å²) in [6, 6.07) is 11.5. The van der Waals surface area contributed by atoms with Gasteiger partial charge in [-0.15, -0.1) is 0 Å². The van der Waals surface area contributed by atoms with Crippen LogP contribution < -0.4 is 19.5 Å². The average Bonchev–Trinajstić information content (AvgIpc) is 3.22. The minimum atomic E-state index is -0.128. The molecule has 1 aliphatic rings. The van der Waals surface area contributed by atoms with Crippen molar-refractivity contribution in [1.29, 1.82) is 0 Å². The van der Waals surface area contributed by atoms with Crippen LogP contribution in [0.4, 0.5) is 0 Å². The Hall–Kier alpha value is -3.68. The number of piperidine rings is 1. The van der Waals surface area contributed by atoms with Crippen LogP contribution in [-0.2, 0) is 17.8 Å². The first-order valence-corrected chi connectivity index (χ1v) is 13.0. The van der Waals surface area contributed by atoms with Crippen LogP contribution in [0.25, 0.3) is 10.9 Å². The Morgan fingerprint density at radius 1 is 0.973 bits per heavy atom. The first kappa shape index (κ1) is 26.4. The second-order valence-corrected chi connectivity index (χ2v) is 9.31. The van der Waals surface area contributed by atoms with Crippen LogP contribution in [0.1, 0.15) is 47.8 Å². The molecular formula is C29H37N3O5. The quantitative estimate of drug-likeness (QED) is 0.441. The predicted molar refractivity (Wildman–Crippen MR) is 144 cm³/mol. The molecule has 198 valence electrons. The number of ether oxygens (including phenoxy) is 3. The van der Waals surface area contributed by atoms with E-state index in [0.717, 1.165) is 54.6 Å². The molecule has 2 aromatic carbocycles. The van der Waals surface area contributed by atoms with Crippen LogP contribution >= 0.6 is 0 Å². The van der Waals surface area contributed by atoms with E-state index in [2.05, 4.69) is 16.8 Å². The van der Waals surface area contributed by atoms with Crippen LogP contribution in [0, 0.1) is 6.92 Å². The fraction of sp³-hybridized carbons (Fsp3) is 0.448. The Balaban J connectivity index is 1.47. The number of nitrogens with zero attached hydrogens (tertiary/aromatic N) is 2. The number of amides is 2. The molecule has 0 spiro atoms. The number of likely N-dealkylation sites (tertiary alicyclic amines) is 1. The number of carbonyl (C=O) groups is 2. The van der Waals surface area contributed by atoms with Crippen molar-refractivity contribution >= 4 is 22.7 Å². The zero-order valence-electron chi connectivity index (χ0n) is 22.3. The molecule has 0 radical (unpaired) electrons. The van der Waals surface area contributed by atoms with E-state index < -0.39 is 0 Å². The fourth-order valence-corrected chi connectivity index (χ4v) is 5.07. The van der Waals surface area contributed by atoms with Crippen molar-refractivity contribution in [1.82, 2.24) is 14.8 Å². The SMILES string of the molecule is CCn1c(C)c(C(=O)NCCc2ccc(OC)c(OC)c2)c2cc(OCC(=O)N3CCCCC3)ccc21. The molecule has 1 aliphatic heterocycles. The summed E-state index contributed by atoms with van der Waals surface area (Å²) in [4.78, 5) is 27.8. The van der Waals surface area contributed by atoms with Crippen LogP contribution in [0.15, 0.2) is 36.4 Å². The number of fused-ring (bicyclic) bond motifs is 1. The first-order chi connectivity index (χ1) is 18.0. The number of methoxy groups -OCH3 is 2. The fourth-order valence-electron chi connectivity index (χ4n) is 5.07. The molecular weight excluding hydrogens is 470 g/mol. The molecule has 0 bridgehead atoms. The van der Waals surface area contributed by atoms with E-state index in [4.69, 9.17) is 14.2 Å². The summed E-state index contributed by atoms with van der Waals surface area (Å²) in [5, 5.41) is 3.90. The average molecular weight is 508 g/mol. The summed E-state index contributed by atoms with van der Waals surface area (Å²) < 4.78 is 18.7. The second-order valence-electron chi connectivity index (χ2n) is 9.31. The van der Waals surface area contributed by atoms with Crippen molar-refractivity contribution in [3.63, 3.8) is 0 Å². The molecule has 3 aromatic rings. The molecule has 4 rings (SSSR count). The van der Waals surface area contributed by atoms with Crippen molar-refractivity contribution in [2.75, 3.05) is 40.5 Å². The molecule has 2 amide bonds. The van der Waals surface area contributed by atoms with Gasteiger partial charge in [0.1, 0.15) is 5.75 Å². The molecule has 8 nitrogen and oxygen atoms in total. The highest BCUT2D eigenvalue weighted by Gasteiger charge is 2.21. The Bertz CT molecular complexity index is 1260. The van der Waals surface area contributed by atoms with Crippen LogP contribution in [-0.4, -0.2) is 61.7 Å². The maximum Gasteiger partial charge on any atom is 0.260 e. The third-order valence-corrected chi connectivity index (χ3v) is 7.06. The van der Waals surface area contributed by atoms with Crippen LogP contribution in [0.3, 0.4) is 0 Å². The number of hydrogen-bond donors (Lipinski definition) is 1. The van der Waals surface area contributed by atoms with Gasteiger partial charge in [-0.3, -0.25) is 9.59 Å². The number of nitrogens with one attached hydrogen (secondary N) is 1. The van der Waals surface area contributed by atoms with Crippen molar-refractivity contribution in [2.45, 2.75) is 46.1 Å². The van der Waals surface area contributed by atoms with Gasteiger partial charge in [0, 0.05) is 42.8 Å². The van der Waals surface area contributed by atoms with Gasteiger partial charge in [-0.1, -0.05) is 6.07 Å². The van der Waals surface area contributed by atoms with Gasteiger partial charge >= 0.3 is 0 Å². The van der Waals surface area contributed by atoms with Crippen molar-refractivity contribution < 1.29 is 23.8 Å². The maximum atomic E-state index is 13.3. The monoisotopic (exact) mass is 507 g/mol. The van der Waals surface area contributed by atoms with Gasteiger partial charge in [0.2, 0.25) is 0 Å². The van der Waals surface area contributed by atoms with Gasteiger partial charge in [-0.05, 0) is 75.4 Å². The normalized spacial score (nSPS) is 13.5. The van der Waals surface area contributed by atoms with Gasteiger partial charge in [-0.2, -0.15) is 0 Å². The molecule has 1 N–H and O–H groups in total. The lowest BCUT2D eigenvalue weighted by atomic mass is 10.1. The summed E-state index contributed by atoms with van der Waals surface area (Å²) in [5.41, 5.74) is 3.55. The third kappa shape index (κ3) is 5.84. The predicted octanol–water partition coefficient (Wildman–Crippen LogP) is 4.35. The molecule has 1 saturated heterocycles. The Labute approximate surface area is 218 Å². The van der Waals surface area contributed by atoms with E-state index >= 15 is 0 Å². The first-order valence-electron chi connectivity index (χ1n) is 13.0. The molecule has 0 atom stereocenters. The van der Waals surface area contributed by atoms with E-state index in [-0.39, 0.29) is 18.4 Å². The van der Waals surface area contributed by atoms with Gasteiger partial charge in [0.05, 0.1) is 19.8 Å². The molecule has 0 saturated carbocycles. The Kier molecular flexibility index (Phi) is 8.58. The van der Waals surface area contributed by atoms with E-state index in [1.54, 1.807) is 14.2 Å². The number of aromatic nitrogens is 1. The smallest absolute Gasteiger partial charge is 0.260 e. The minimum Gasteiger partial charge on any atom is -0.493 e. The Morgan fingerprint density at radius 2 is 1.73 bits per heavy atom. The Morgan fingerprint density at radius 3 is 2.43 bits per heavy atom. The van der Waals surface area contributed by atoms with E-state index in [0.29, 0.717) is 35.8 Å². The number of aryl methyl sites for hydroxylation is 1. The zero-order valence-corrected chi connectivity index (χ0v) is 22.3. The molecule has 37 heavy (non-hydrogen) atoms. The molecule has 2 heterocycles. The third-order valence-electron chi connectivity index (χ3n) is 7.06. The standard InChI is InChI=1S/C29H37N3O5/c1-5-32-20(2)28(29(34)30-14-13-21-9-12-25(35-3)26(17-21)36-4)23-18-22(10-11-24(23)32)37-19-27(33)31-15-7-6-8-16-31/h9-12,17-18H,5-8,13-16,19H2,1-4H3,(H,30,34). The summed E-state index contributed by atoms with van der Waals surface area (Å²) in [6.45, 7) is 6.86. The number of carbonyl (C=O) groups excluding carboxylic acids is 2. The second kappa shape index (κ2) is 12.0. The highest BCUT2D eigenvalue weighted by molar-refractivity contribution is 6.08. The van der Waals surface area contributed by atoms with E-state index in [9.17, 15) is 9.59 Å². The van der Waals surface area contributed by atoms with Crippen molar-refractivity contribution in [3.05, 3.63) is 53.2 Å². The minimum absolute atomic E-state index is 0.00578. The highest BCUT2D eigenvalue weighted by Crippen LogP contribution is 2.30. The van der Waals surface area contributed by atoms with Gasteiger partial charge < -0.3 is 29.0 Å². The lowest BCUT2D eigenvalue weighted by molar-refractivity contribution is -0.134. The molecule has 0 aliphatic carbocycles. The van der Waals surface area contributed by atoms with Crippen LogP contribution in [0.5, 0.6) is 17.2 Å². The van der Waals surface area contributed by atoms with Crippen molar-refractivity contribution in [2.24, 2.45) is 0 Å². The highest BCUT2D eigenvalue weighted by atomic mass is 16.5. The lowest BCUT2D eigenvalue weighted by Crippen LogP contribution is -2.38. The molecule has 8 heteroatoms. The summed E-state index contributed by atoms with van der Waals surface area (Å²) >= 11 is 0. The molecule has 1 aromatic heterocycles. The van der Waals surface area contributed by atoms with Crippen LogP contribution in [0.2, 0.25) is 0 Å². The van der Waals surface area contributed by atoms with Gasteiger partial charge in [0.15, 0.2) is 18.1 Å². The topological polar surface area (TPSA) is 82.0 Å². The number of rotatable bonds is 10. The summed E-state index contributed by atoms with van der Waals surface area (Å²) in [7, 11) is 3.22.